The van der Waals surface area contributed by atoms with Crippen molar-refractivity contribution in [2.45, 2.75) is 32.6 Å². The lowest BCUT2D eigenvalue weighted by molar-refractivity contribution is -0.131. The Morgan fingerprint density at radius 1 is 1.03 bits per heavy atom. The first-order valence-electron chi connectivity index (χ1n) is 11.0. The number of pyridine rings is 1. The number of rotatable bonds is 7. The molecule has 0 bridgehead atoms. The van der Waals surface area contributed by atoms with Gasteiger partial charge in [-0.15, -0.1) is 0 Å². The van der Waals surface area contributed by atoms with Gasteiger partial charge in [0.1, 0.15) is 5.82 Å². The molecule has 8 nitrogen and oxygen atoms in total. The summed E-state index contributed by atoms with van der Waals surface area (Å²) in [5.41, 5.74) is 1.38. The molecule has 1 fully saturated rings. The van der Waals surface area contributed by atoms with Crippen LogP contribution in [-0.2, 0) is 4.79 Å². The summed E-state index contributed by atoms with van der Waals surface area (Å²) in [6.45, 7) is 6.56. The van der Waals surface area contributed by atoms with Crippen molar-refractivity contribution in [2.75, 3.05) is 31.1 Å². The number of halogens is 1. The number of hydrogen-bond acceptors (Lipinski definition) is 7. The van der Waals surface area contributed by atoms with E-state index in [9.17, 15) is 9.59 Å². The Labute approximate surface area is 197 Å². The summed E-state index contributed by atoms with van der Waals surface area (Å²) in [7, 11) is 0. The van der Waals surface area contributed by atoms with Crippen molar-refractivity contribution < 1.29 is 14.1 Å². The highest BCUT2D eigenvalue weighted by atomic mass is 35.5. The predicted molar refractivity (Wildman–Crippen MR) is 125 cm³/mol. The summed E-state index contributed by atoms with van der Waals surface area (Å²) >= 11 is 5.86. The van der Waals surface area contributed by atoms with Gasteiger partial charge in [0.05, 0.1) is 0 Å². The van der Waals surface area contributed by atoms with E-state index in [-0.39, 0.29) is 30.4 Å². The Kier molecular flexibility index (Phi) is 7.03. The largest absolute Gasteiger partial charge is 0.353 e. The Morgan fingerprint density at radius 3 is 2.36 bits per heavy atom. The SMILES string of the molecule is CC(C)c1nc(-c2ccc(N3CCN(C(=O)CCC(=O)c4ccc(Cl)cc4)CC3)nc2)no1. The van der Waals surface area contributed by atoms with E-state index in [0.29, 0.717) is 48.5 Å². The van der Waals surface area contributed by atoms with Gasteiger partial charge in [0.2, 0.25) is 17.6 Å². The second kappa shape index (κ2) is 10.1. The van der Waals surface area contributed by atoms with Gasteiger partial charge in [-0.1, -0.05) is 30.6 Å². The lowest BCUT2D eigenvalue weighted by atomic mass is 10.1. The fourth-order valence-electron chi connectivity index (χ4n) is 3.64. The average Bonchev–Trinajstić information content (AvgIpc) is 3.34. The van der Waals surface area contributed by atoms with E-state index in [1.165, 1.54) is 0 Å². The fourth-order valence-corrected chi connectivity index (χ4v) is 3.76. The molecular formula is C24H26ClN5O3. The first kappa shape index (κ1) is 22.9. The number of hydrogen-bond donors (Lipinski definition) is 0. The van der Waals surface area contributed by atoms with Crippen molar-refractivity contribution in [3.8, 4) is 11.4 Å². The van der Waals surface area contributed by atoms with E-state index in [4.69, 9.17) is 16.1 Å². The van der Waals surface area contributed by atoms with Gasteiger partial charge in [0, 0.05) is 67.3 Å². The molecule has 0 radical (unpaired) electrons. The van der Waals surface area contributed by atoms with Gasteiger partial charge in [-0.3, -0.25) is 9.59 Å². The number of aromatic nitrogens is 3. The second-order valence-electron chi connectivity index (χ2n) is 8.31. The molecule has 3 aromatic rings. The maximum atomic E-state index is 12.6. The minimum atomic E-state index is -0.0509. The van der Waals surface area contributed by atoms with E-state index >= 15 is 0 Å². The number of carbonyl (C=O) groups excluding carboxylic acids is 2. The maximum Gasteiger partial charge on any atom is 0.229 e. The number of ketones is 1. The Hall–Kier alpha value is -3.26. The quantitative estimate of drug-likeness (QED) is 0.480. The van der Waals surface area contributed by atoms with Gasteiger partial charge < -0.3 is 14.3 Å². The van der Waals surface area contributed by atoms with Crippen molar-refractivity contribution in [1.82, 2.24) is 20.0 Å². The van der Waals surface area contributed by atoms with Crippen molar-refractivity contribution >= 4 is 29.1 Å². The zero-order valence-electron chi connectivity index (χ0n) is 18.7. The number of anilines is 1. The molecule has 4 rings (SSSR count). The number of piperazine rings is 1. The molecule has 1 amide bonds. The molecule has 9 heteroatoms. The molecule has 0 spiro atoms. The van der Waals surface area contributed by atoms with Crippen LogP contribution >= 0.6 is 11.6 Å². The van der Waals surface area contributed by atoms with Gasteiger partial charge >= 0.3 is 0 Å². The van der Waals surface area contributed by atoms with Gasteiger partial charge in [-0.25, -0.2) is 4.98 Å². The van der Waals surface area contributed by atoms with Crippen LogP contribution in [0.3, 0.4) is 0 Å². The van der Waals surface area contributed by atoms with Crippen molar-refractivity contribution in [3.63, 3.8) is 0 Å². The molecule has 172 valence electrons. The van der Waals surface area contributed by atoms with E-state index in [1.54, 1.807) is 30.5 Å². The van der Waals surface area contributed by atoms with E-state index in [2.05, 4.69) is 20.0 Å². The van der Waals surface area contributed by atoms with Gasteiger partial charge in [-0.05, 0) is 36.4 Å². The average molecular weight is 468 g/mol. The zero-order chi connectivity index (χ0) is 23.4. The molecule has 1 aliphatic rings. The van der Waals surface area contributed by atoms with Crippen LogP contribution in [0.1, 0.15) is 48.9 Å². The Morgan fingerprint density at radius 2 is 1.76 bits per heavy atom. The standard InChI is InChI=1S/C24H26ClN5O3/c1-16(2)24-27-23(28-33-24)18-5-9-21(26-15-18)29-11-13-30(14-12-29)22(32)10-8-20(31)17-3-6-19(25)7-4-17/h3-7,9,15-16H,8,10-14H2,1-2H3. The van der Waals surface area contributed by atoms with Crippen LogP contribution in [-0.4, -0.2) is 57.9 Å². The number of Topliss-reactive ketones (excluding diaryl/α,β-unsaturated/α-hetero) is 1. The number of nitrogens with zero attached hydrogens (tertiary/aromatic N) is 5. The minimum Gasteiger partial charge on any atom is -0.353 e. The molecule has 0 aliphatic carbocycles. The first-order chi connectivity index (χ1) is 15.9. The van der Waals surface area contributed by atoms with Crippen LogP contribution in [0.5, 0.6) is 0 Å². The van der Waals surface area contributed by atoms with Crippen molar-refractivity contribution in [3.05, 3.63) is 59.1 Å². The third-order valence-electron chi connectivity index (χ3n) is 5.63. The summed E-state index contributed by atoms with van der Waals surface area (Å²) in [4.78, 5) is 37.8. The molecule has 1 aliphatic heterocycles. The first-order valence-corrected chi connectivity index (χ1v) is 11.4. The third kappa shape index (κ3) is 5.57. The predicted octanol–water partition coefficient (Wildman–Crippen LogP) is 4.22. The highest BCUT2D eigenvalue weighted by molar-refractivity contribution is 6.30. The number of amides is 1. The summed E-state index contributed by atoms with van der Waals surface area (Å²) in [6, 6.07) is 10.6. The maximum absolute atomic E-state index is 12.6. The lowest BCUT2D eigenvalue weighted by Crippen LogP contribution is -2.49. The van der Waals surface area contributed by atoms with Crippen molar-refractivity contribution in [1.29, 1.82) is 0 Å². The fraction of sp³-hybridized carbons (Fsp3) is 0.375. The highest BCUT2D eigenvalue weighted by Crippen LogP contribution is 2.22. The zero-order valence-corrected chi connectivity index (χ0v) is 19.5. The molecule has 1 aromatic carbocycles. The molecule has 3 heterocycles. The molecular weight excluding hydrogens is 442 g/mol. The van der Waals surface area contributed by atoms with Crippen molar-refractivity contribution in [2.24, 2.45) is 0 Å². The monoisotopic (exact) mass is 467 g/mol. The van der Waals surface area contributed by atoms with Crippen LogP contribution in [0.4, 0.5) is 5.82 Å². The molecule has 1 saturated heterocycles. The topological polar surface area (TPSA) is 92.4 Å². The lowest BCUT2D eigenvalue weighted by Gasteiger charge is -2.35. The van der Waals surface area contributed by atoms with E-state index < -0.39 is 0 Å². The molecule has 0 unspecified atom stereocenters. The molecule has 0 N–H and O–H groups in total. The van der Waals surface area contributed by atoms with Crippen LogP contribution in [0.15, 0.2) is 47.1 Å². The summed E-state index contributed by atoms with van der Waals surface area (Å²) in [5, 5.41) is 4.60. The third-order valence-corrected chi connectivity index (χ3v) is 5.88. The number of benzene rings is 1. The molecule has 2 aromatic heterocycles. The normalized spacial score (nSPS) is 14.1. The molecule has 33 heavy (non-hydrogen) atoms. The van der Waals surface area contributed by atoms with Crippen LogP contribution in [0, 0.1) is 0 Å². The number of carbonyl (C=O) groups is 2. The molecule has 0 atom stereocenters. The summed E-state index contributed by atoms with van der Waals surface area (Å²) < 4.78 is 5.26. The van der Waals surface area contributed by atoms with Gasteiger partial charge in [-0.2, -0.15) is 4.98 Å². The van der Waals surface area contributed by atoms with E-state index in [0.717, 1.165) is 11.4 Å². The van der Waals surface area contributed by atoms with Gasteiger partial charge in [0.25, 0.3) is 0 Å². The van der Waals surface area contributed by atoms with E-state index in [1.807, 2.05) is 30.9 Å². The Balaban J connectivity index is 1.27. The smallest absolute Gasteiger partial charge is 0.229 e. The van der Waals surface area contributed by atoms with Gasteiger partial charge in [0.15, 0.2) is 5.78 Å². The second-order valence-corrected chi connectivity index (χ2v) is 8.75. The summed E-state index contributed by atoms with van der Waals surface area (Å²) in [6.07, 6.45) is 2.14. The summed E-state index contributed by atoms with van der Waals surface area (Å²) in [5.74, 6) is 2.10. The van der Waals surface area contributed by atoms with Crippen LogP contribution in [0.2, 0.25) is 5.02 Å². The van der Waals surface area contributed by atoms with Crippen LogP contribution < -0.4 is 4.90 Å². The van der Waals surface area contributed by atoms with Crippen LogP contribution in [0.25, 0.3) is 11.4 Å². The highest BCUT2D eigenvalue weighted by Gasteiger charge is 2.23. The molecule has 0 saturated carbocycles. The Bertz CT molecular complexity index is 1100. The minimum absolute atomic E-state index is 0.00154.